The van der Waals surface area contributed by atoms with Crippen molar-refractivity contribution in [1.29, 1.82) is 0 Å². The van der Waals surface area contributed by atoms with Gasteiger partial charge in [-0.05, 0) is 43.7 Å². The van der Waals surface area contributed by atoms with Crippen LogP contribution in [0.1, 0.15) is 30.0 Å². The molecule has 0 fully saturated rings. The molecule has 0 spiro atoms. The molecular formula is C15H16FNO2. The second-order valence-corrected chi connectivity index (χ2v) is 4.54. The van der Waals surface area contributed by atoms with E-state index in [4.69, 9.17) is 4.42 Å². The molecule has 2 rings (SSSR count). The third kappa shape index (κ3) is 3.68. The van der Waals surface area contributed by atoms with Crippen molar-refractivity contribution in [3.8, 4) is 0 Å². The van der Waals surface area contributed by atoms with Crippen LogP contribution in [-0.4, -0.2) is 5.91 Å². The Morgan fingerprint density at radius 1 is 1.26 bits per heavy atom. The first kappa shape index (κ1) is 13.3. The number of rotatable bonds is 4. The summed E-state index contributed by atoms with van der Waals surface area (Å²) in [6.45, 7) is 3.72. The van der Waals surface area contributed by atoms with Crippen molar-refractivity contribution in [2.45, 2.75) is 26.3 Å². The van der Waals surface area contributed by atoms with Crippen LogP contribution in [0, 0.1) is 12.7 Å². The smallest absolute Gasteiger partial charge is 0.224 e. The van der Waals surface area contributed by atoms with E-state index in [1.54, 1.807) is 12.1 Å². The van der Waals surface area contributed by atoms with Crippen molar-refractivity contribution in [2.75, 3.05) is 0 Å². The Morgan fingerprint density at radius 2 is 1.95 bits per heavy atom. The van der Waals surface area contributed by atoms with Crippen molar-refractivity contribution in [2.24, 2.45) is 0 Å². The molecule has 19 heavy (non-hydrogen) atoms. The zero-order valence-corrected chi connectivity index (χ0v) is 10.9. The van der Waals surface area contributed by atoms with Gasteiger partial charge in [-0.3, -0.25) is 4.79 Å². The zero-order chi connectivity index (χ0) is 13.8. The van der Waals surface area contributed by atoms with E-state index in [2.05, 4.69) is 5.32 Å². The first-order chi connectivity index (χ1) is 9.04. The highest BCUT2D eigenvalue weighted by molar-refractivity contribution is 5.78. The van der Waals surface area contributed by atoms with E-state index in [9.17, 15) is 9.18 Å². The van der Waals surface area contributed by atoms with Gasteiger partial charge < -0.3 is 9.73 Å². The number of furan rings is 1. The van der Waals surface area contributed by atoms with Crippen molar-refractivity contribution in [3.05, 3.63) is 59.3 Å². The molecule has 100 valence electrons. The van der Waals surface area contributed by atoms with Crippen LogP contribution in [0.15, 0.2) is 40.8 Å². The fourth-order valence-corrected chi connectivity index (χ4v) is 1.84. The Kier molecular flexibility index (Phi) is 4.00. The first-order valence-corrected chi connectivity index (χ1v) is 6.15. The summed E-state index contributed by atoms with van der Waals surface area (Å²) in [6, 6.07) is 9.44. The molecule has 2 aromatic rings. The predicted molar refractivity (Wildman–Crippen MR) is 70.1 cm³/mol. The minimum atomic E-state index is -0.302. The molecule has 1 atom stereocenters. The fourth-order valence-electron chi connectivity index (χ4n) is 1.84. The van der Waals surface area contributed by atoms with Gasteiger partial charge in [-0.15, -0.1) is 0 Å². The van der Waals surface area contributed by atoms with E-state index in [1.165, 1.54) is 12.1 Å². The normalized spacial score (nSPS) is 12.2. The van der Waals surface area contributed by atoms with E-state index >= 15 is 0 Å². The fraction of sp³-hybridized carbons (Fsp3) is 0.267. The minimum absolute atomic E-state index is 0.117. The maximum atomic E-state index is 12.7. The van der Waals surface area contributed by atoms with Gasteiger partial charge in [0.25, 0.3) is 0 Å². The average molecular weight is 261 g/mol. The summed E-state index contributed by atoms with van der Waals surface area (Å²) in [5, 5.41) is 2.85. The lowest BCUT2D eigenvalue weighted by molar-refractivity contribution is -0.121. The van der Waals surface area contributed by atoms with Gasteiger partial charge in [-0.2, -0.15) is 0 Å². The summed E-state index contributed by atoms with van der Waals surface area (Å²) in [6.07, 6.45) is 0.226. The molecule has 0 saturated heterocycles. The van der Waals surface area contributed by atoms with Crippen LogP contribution in [0.25, 0.3) is 0 Å². The molecule has 1 unspecified atom stereocenters. The molecule has 0 saturated carbocycles. The average Bonchev–Trinajstić information content (AvgIpc) is 2.79. The highest BCUT2D eigenvalue weighted by Gasteiger charge is 2.12. The summed E-state index contributed by atoms with van der Waals surface area (Å²) in [7, 11) is 0. The molecule has 0 aliphatic rings. The number of hydrogen-bond acceptors (Lipinski definition) is 2. The molecule has 1 aromatic heterocycles. The number of nitrogens with one attached hydrogen (secondary N) is 1. The Labute approximate surface area is 111 Å². The molecule has 3 nitrogen and oxygen atoms in total. The van der Waals surface area contributed by atoms with Crippen LogP contribution in [0.3, 0.4) is 0 Å². The van der Waals surface area contributed by atoms with E-state index in [0.717, 1.165) is 17.1 Å². The molecule has 0 aliphatic carbocycles. The lowest BCUT2D eigenvalue weighted by Gasteiger charge is -2.11. The van der Waals surface area contributed by atoms with Crippen LogP contribution in [-0.2, 0) is 11.2 Å². The molecule has 1 N–H and O–H groups in total. The van der Waals surface area contributed by atoms with E-state index < -0.39 is 0 Å². The standard InChI is InChI=1S/C15H16FNO2/c1-10-3-8-14(19-10)11(2)17-15(18)9-12-4-6-13(16)7-5-12/h3-8,11H,9H2,1-2H3,(H,17,18). The van der Waals surface area contributed by atoms with Crippen molar-refractivity contribution >= 4 is 5.91 Å². The van der Waals surface area contributed by atoms with Crippen LogP contribution >= 0.6 is 0 Å². The van der Waals surface area contributed by atoms with Gasteiger partial charge in [0, 0.05) is 0 Å². The van der Waals surface area contributed by atoms with Gasteiger partial charge >= 0.3 is 0 Å². The highest BCUT2D eigenvalue weighted by Crippen LogP contribution is 2.15. The number of aryl methyl sites for hydroxylation is 1. The monoisotopic (exact) mass is 261 g/mol. The molecule has 4 heteroatoms. The summed E-state index contributed by atoms with van der Waals surface area (Å²) < 4.78 is 18.2. The molecular weight excluding hydrogens is 245 g/mol. The predicted octanol–water partition coefficient (Wildman–Crippen LogP) is 3.15. The second kappa shape index (κ2) is 5.69. The first-order valence-electron chi connectivity index (χ1n) is 6.15. The van der Waals surface area contributed by atoms with Gasteiger partial charge in [0.05, 0.1) is 12.5 Å². The lowest BCUT2D eigenvalue weighted by Crippen LogP contribution is -2.27. The van der Waals surface area contributed by atoms with Gasteiger partial charge in [0.1, 0.15) is 17.3 Å². The molecule has 1 aromatic carbocycles. The van der Waals surface area contributed by atoms with E-state index in [1.807, 2.05) is 26.0 Å². The van der Waals surface area contributed by atoms with Gasteiger partial charge in [-0.1, -0.05) is 12.1 Å². The Bertz CT molecular complexity index is 560. The number of carbonyl (C=O) groups excluding carboxylic acids is 1. The van der Waals surface area contributed by atoms with Crippen molar-refractivity contribution in [3.63, 3.8) is 0 Å². The number of benzene rings is 1. The Balaban J connectivity index is 1.92. The van der Waals surface area contributed by atoms with Crippen LogP contribution in [0.2, 0.25) is 0 Å². The van der Waals surface area contributed by atoms with Crippen LogP contribution < -0.4 is 5.32 Å². The number of carbonyl (C=O) groups is 1. The highest BCUT2D eigenvalue weighted by atomic mass is 19.1. The van der Waals surface area contributed by atoms with E-state index in [-0.39, 0.29) is 24.2 Å². The molecule has 0 bridgehead atoms. The topological polar surface area (TPSA) is 42.2 Å². The SMILES string of the molecule is Cc1ccc(C(C)NC(=O)Cc2ccc(F)cc2)o1. The summed E-state index contributed by atoms with van der Waals surface area (Å²) in [5.41, 5.74) is 0.779. The molecule has 1 heterocycles. The summed E-state index contributed by atoms with van der Waals surface area (Å²) in [4.78, 5) is 11.8. The van der Waals surface area contributed by atoms with Crippen LogP contribution in [0.4, 0.5) is 4.39 Å². The number of hydrogen-bond donors (Lipinski definition) is 1. The zero-order valence-electron chi connectivity index (χ0n) is 10.9. The van der Waals surface area contributed by atoms with E-state index in [0.29, 0.717) is 0 Å². The molecule has 0 aliphatic heterocycles. The lowest BCUT2D eigenvalue weighted by atomic mass is 10.1. The largest absolute Gasteiger partial charge is 0.464 e. The third-order valence-corrected chi connectivity index (χ3v) is 2.84. The minimum Gasteiger partial charge on any atom is -0.464 e. The summed E-state index contributed by atoms with van der Waals surface area (Å²) in [5.74, 6) is 1.12. The second-order valence-electron chi connectivity index (χ2n) is 4.54. The number of halogens is 1. The summed E-state index contributed by atoms with van der Waals surface area (Å²) >= 11 is 0. The maximum absolute atomic E-state index is 12.7. The Hall–Kier alpha value is -2.10. The van der Waals surface area contributed by atoms with Gasteiger partial charge in [0.2, 0.25) is 5.91 Å². The van der Waals surface area contributed by atoms with Crippen molar-refractivity contribution < 1.29 is 13.6 Å². The van der Waals surface area contributed by atoms with Gasteiger partial charge in [0.15, 0.2) is 0 Å². The molecule has 1 amide bonds. The Morgan fingerprint density at radius 3 is 2.53 bits per heavy atom. The van der Waals surface area contributed by atoms with Gasteiger partial charge in [-0.25, -0.2) is 4.39 Å². The van der Waals surface area contributed by atoms with Crippen LogP contribution in [0.5, 0.6) is 0 Å². The maximum Gasteiger partial charge on any atom is 0.224 e. The molecule has 0 radical (unpaired) electrons. The van der Waals surface area contributed by atoms with Crippen molar-refractivity contribution in [1.82, 2.24) is 5.32 Å². The quantitative estimate of drug-likeness (QED) is 0.918. The third-order valence-electron chi connectivity index (χ3n) is 2.84. The number of amides is 1.